The summed E-state index contributed by atoms with van der Waals surface area (Å²) >= 11 is 0. The zero-order valence-corrected chi connectivity index (χ0v) is 10.2. The summed E-state index contributed by atoms with van der Waals surface area (Å²) in [6, 6.07) is 8.69. The number of nitriles is 1. The van der Waals surface area contributed by atoms with Gasteiger partial charge in [-0.1, -0.05) is 6.07 Å². The molecule has 5 N–H and O–H groups in total. The summed E-state index contributed by atoms with van der Waals surface area (Å²) in [5.74, 6) is 6.42. The number of nitrogen functional groups attached to an aromatic ring is 2. The maximum absolute atomic E-state index is 8.87. The lowest BCUT2D eigenvalue weighted by Gasteiger charge is -2.09. The standard InChI is InChI=1S/C12H12N6O/c1-7-2-3-8(6-13)4-9(7)19-11-5-10(18-15)16-12(14)17-11/h2-5H,15H2,1H3,(H3,14,16,17,18). The van der Waals surface area contributed by atoms with Crippen LogP contribution in [0.3, 0.4) is 0 Å². The number of hydrazine groups is 1. The van der Waals surface area contributed by atoms with Crippen LogP contribution in [0.2, 0.25) is 0 Å². The number of hydrogen-bond donors (Lipinski definition) is 3. The topological polar surface area (TPSA) is 123 Å². The van der Waals surface area contributed by atoms with Crippen molar-refractivity contribution in [1.82, 2.24) is 9.97 Å². The van der Waals surface area contributed by atoms with Crippen molar-refractivity contribution in [2.24, 2.45) is 5.84 Å². The molecule has 1 aromatic carbocycles. The van der Waals surface area contributed by atoms with Gasteiger partial charge in [0, 0.05) is 6.07 Å². The quantitative estimate of drug-likeness (QED) is 0.558. The van der Waals surface area contributed by atoms with Crippen molar-refractivity contribution in [2.75, 3.05) is 11.2 Å². The molecule has 0 amide bonds. The molecule has 0 saturated heterocycles. The predicted molar refractivity (Wildman–Crippen MR) is 70.2 cm³/mol. The highest BCUT2D eigenvalue weighted by Crippen LogP contribution is 2.26. The monoisotopic (exact) mass is 256 g/mol. The highest BCUT2D eigenvalue weighted by molar-refractivity contribution is 5.46. The van der Waals surface area contributed by atoms with Gasteiger partial charge in [-0.2, -0.15) is 15.2 Å². The van der Waals surface area contributed by atoms with E-state index in [4.69, 9.17) is 21.6 Å². The van der Waals surface area contributed by atoms with Crippen molar-refractivity contribution < 1.29 is 4.74 Å². The van der Waals surface area contributed by atoms with E-state index < -0.39 is 0 Å². The SMILES string of the molecule is Cc1ccc(C#N)cc1Oc1cc(NN)nc(N)n1. The number of ether oxygens (including phenoxy) is 1. The van der Waals surface area contributed by atoms with Crippen LogP contribution in [0.25, 0.3) is 0 Å². The minimum Gasteiger partial charge on any atom is -0.438 e. The van der Waals surface area contributed by atoms with Crippen LogP contribution >= 0.6 is 0 Å². The summed E-state index contributed by atoms with van der Waals surface area (Å²) in [5.41, 5.74) is 9.27. The Labute approximate surface area is 109 Å². The van der Waals surface area contributed by atoms with E-state index in [0.717, 1.165) is 5.56 Å². The lowest BCUT2D eigenvalue weighted by atomic mass is 10.1. The zero-order chi connectivity index (χ0) is 13.8. The van der Waals surface area contributed by atoms with Crippen LogP contribution in [0, 0.1) is 18.3 Å². The number of rotatable bonds is 3. The Hall–Kier alpha value is -2.85. The zero-order valence-electron chi connectivity index (χ0n) is 10.2. The fourth-order valence-corrected chi connectivity index (χ4v) is 1.46. The largest absolute Gasteiger partial charge is 0.438 e. The molecule has 0 unspecified atom stereocenters. The first-order chi connectivity index (χ1) is 9.12. The van der Waals surface area contributed by atoms with Gasteiger partial charge in [0.15, 0.2) is 0 Å². The van der Waals surface area contributed by atoms with Crippen molar-refractivity contribution in [1.29, 1.82) is 5.26 Å². The summed E-state index contributed by atoms with van der Waals surface area (Å²) in [6.07, 6.45) is 0. The van der Waals surface area contributed by atoms with E-state index in [-0.39, 0.29) is 11.8 Å². The van der Waals surface area contributed by atoms with E-state index in [2.05, 4.69) is 15.4 Å². The van der Waals surface area contributed by atoms with Gasteiger partial charge in [0.1, 0.15) is 11.6 Å². The number of aryl methyl sites for hydroxylation is 1. The summed E-state index contributed by atoms with van der Waals surface area (Å²) in [6.45, 7) is 1.86. The van der Waals surface area contributed by atoms with E-state index in [1.54, 1.807) is 18.2 Å². The van der Waals surface area contributed by atoms with Gasteiger partial charge in [-0.15, -0.1) is 0 Å². The predicted octanol–water partition coefficient (Wildman–Crippen LogP) is 1.32. The lowest BCUT2D eigenvalue weighted by molar-refractivity contribution is 0.459. The fraction of sp³-hybridized carbons (Fsp3) is 0.0833. The van der Waals surface area contributed by atoms with Gasteiger partial charge in [0.25, 0.3) is 0 Å². The molecule has 7 nitrogen and oxygen atoms in total. The van der Waals surface area contributed by atoms with Crippen LogP contribution in [0.5, 0.6) is 11.6 Å². The average molecular weight is 256 g/mol. The van der Waals surface area contributed by atoms with Gasteiger partial charge in [0.05, 0.1) is 11.6 Å². The average Bonchev–Trinajstić information content (AvgIpc) is 2.40. The minimum atomic E-state index is 0.0412. The van der Waals surface area contributed by atoms with Crippen LogP contribution in [-0.4, -0.2) is 9.97 Å². The van der Waals surface area contributed by atoms with Gasteiger partial charge < -0.3 is 15.9 Å². The highest BCUT2D eigenvalue weighted by atomic mass is 16.5. The molecule has 0 atom stereocenters. The molecule has 2 rings (SSSR count). The van der Waals surface area contributed by atoms with Crippen LogP contribution < -0.4 is 21.7 Å². The van der Waals surface area contributed by atoms with Crippen LogP contribution in [0.1, 0.15) is 11.1 Å². The molecule has 0 aliphatic carbocycles. The third kappa shape index (κ3) is 2.88. The van der Waals surface area contributed by atoms with E-state index >= 15 is 0 Å². The second kappa shape index (κ2) is 5.20. The Morgan fingerprint density at radius 3 is 2.79 bits per heavy atom. The van der Waals surface area contributed by atoms with Crippen LogP contribution in [-0.2, 0) is 0 Å². The summed E-state index contributed by atoms with van der Waals surface area (Å²) in [4.78, 5) is 7.79. The van der Waals surface area contributed by atoms with E-state index in [1.807, 2.05) is 13.0 Å². The lowest BCUT2D eigenvalue weighted by Crippen LogP contribution is -2.10. The molecule has 0 saturated carbocycles. The molecule has 7 heteroatoms. The minimum absolute atomic E-state index is 0.0412. The normalized spacial score (nSPS) is 9.74. The van der Waals surface area contributed by atoms with Crippen molar-refractivity contribution in [2.45, 2.75) is 6.92 Å². The number of nitrogens with zero attached hydrogens (tertiary/aromatic N) is 3. The maximum atomic E-state index is 8.87. The third-order valence-corrected chi connectivity index (χ3v) is 2.40. The first-order valence-electron chi connectivity index (χ1n) is 5.42. The van der Waals surface area contributed by atoms with Gasteiger partial charge in [0.2, 0.25) is 11.8 Å². The molecule has 0 aliphatic rings. The first-order valence-corrected chi connectivity index (χ1v) is 5.42. The fourth-order valence-electron chi connectivity index (χ4n) is 1.46. The van der Waals surface area contributed by atoms with Crippen molar-refractivity contribution in [3.8, 4) is 17.7 Å². The summed E-state index contributed by atoms with van der Waals surface area (Å²) in [7, 11) is 0. The molecule has 19 heavy (non-hydrogen) atoms. The molecule has 1 aromatic heterocycles. The Kier molecular flexibility index (Phi) is 3.45. The molecule has 0 aliphatic heterocycles. The van der Waals surface area contributed by atoms with Crippen LogP contribution in [0.4, 0.5) is 11.8 Å². The summed E-state index contributed by atoms with van der Waals surface area (Å²) in [5, 5.41) is 8.87. The van der Waals surface area contributed by atoms with E-state index in [0.29, 0.717) is 17.1 Å². The Balaban J connectivity index is 2.36. The smallest absolute Gasteiger partial charge is 0.226 e. The second-order valence-electron chi connectivity index (χ2n) is 3.79. The number of benzene rings is 1. The molecule has 0 bridgehead atoms. The molecule has 1 heterocycles. The molecular formula is C12H12N6O. The number of hydrogen-bond acceptors (Lipinski definition) is 7. The number of aromatic nitrogens is 2. The highest BCUT2D eigenvalue weighted by Gasteiger charge is 2.07. The second-order valence-corrected chi connectivity index (χ2v) is 3.79. The van der Waals surface area contributed by atoms with Crippen molar-refractivity contribution >= 4 is 11.8 Å². The van der Waals surface area contributed by atoms with Gasteiger partial charge in [-0.25, -0.2) is 5.84 Å². The molecular weight excluding hydrogens is 244 g/mol. The first kappa shape index (κ1) is 12.6. The Morgan fingerprint density at radius 2 is 2.11 bits per heavy atom. The van der Waals surface area contributed by atoms with E-state index in [9.17, 15) is 0 Å². The molecule has 0 radical (unpaired) electrons. The third-order valence-electron chi connectivity index (χ3n) is 2.40. The van der Waals surface area contributed by atoms with Gasteiger partial charge >= 0.3 is 0 Å². The van der Waals surface area contributed by atoms with Crippen molar-refractivity contribution in [3.63, 3.8) is 0 Å². The van der Waals surface area contributed by atoms with Gasteiger partial charge in [-0.05, 0) is 24.6 Å². The molecule has 0 fully saturated rings. The Morgan fingerprint density at radius 1 is 1.32 bits per heavy atom. The molecule has 0 spiro atoms. The Bertz CT molecular complexity index is 649. The van der Waals surface area contributed by atoms with Gasteiger partial charge in [-0.3, -0.25) is 0 Å². The number of nitrogens with one attached hydrogen (secondary N) is 1. The van der Waals surface area contributed by atoms with Crippen molar-refractivity contribution in [3.05, 3.63) is 35.4 Å². The molecule has 96 valence electrons. The maximum Gasteiger partial charge on any atom is 0.226 e. The van der Waals surface area contributed by atoms with Crippen LogP contribution in [0.15, 0.2) is 24.3 Å². The molecule has 2 aromatic rings. The van der Waals surface area contributed by atoms with E-state index in [1.165, 1.54) is 6.07 Å². The summed E-state index contributed by atoms with van der Waals surface area (Å²) < 4.78 is 5.60. The number of nitrogens with two attached hydrogens (primary N) is 2. The number of anilines is 2.